The summed E-state index contributed by atoms with van der Waals surface area (Å²) in [5.74, 6) is 0. The van der Waals surface area contributed by atoms with Crippen LogP contribution in [0.25, 0.3) is 6.08 Å². The first kappa shape index (κ1) is 10.3. The molecule has 14 heavy (non-hydrogen) atoms. The Morgan fingerprint density at radius 2 is 2.21 bits per heavy atom. The van der Waals surface area contributed by atoms with E-state index in [4.69, 9.17) is 5.73 Å². The molecule has 0 unspecified atom stereocenters. The van der Waals surface area contributed by atoms with Gasteiger partial charge in [-0.25, -0.2) is 0 Å². The van der Waals surface area contributed by atoms with E-state index in [1.54, 1.807) is 24.7 Å². The van der Waals surface area contributed by atoms with E-state index < -0.39 is 0 Å². The standard InChI is InChI=1S/C9H10N4S/c10-9(14)13-12-5-1-2-8-3-6-11-7-4-8/h1-7H,(H3,10,13,14)/b2-1+,12-5-. The molecule has 1 heterocycles. The molecule has 0 spiro atoms. The third-order valence-corrected chi connectivity index (χ3v) is 1.42. The Bertz CT molecular complexity index is 345. The summed E-state index contributed by atoms with van der Waals surface area (Å²) in [4.78, 5) is 3.90. The Morgan fingerprint density at radius 1 is 1.50 bits per heavy atom. The van der Waals surface area contributed by atoms with Gasteiger partial charge in [-0.2, -0.15) is 5.10 Å². The zero-order valence-corrected chi connectivity index (χ0v) is 8.24. The fourth-order valence-electron chi connectivity index (χ4n) is 0.773. The topological polar surface area (TPSA) is 63.3 Å². The van der Waals surface area contributed by atoms with Crippen molar-refractivity contribution in [2.45, 2.75) is 0 Å². The average Bonchev–Trinajstić information content (AvgIpc) is 2.18. The number of rotatable bonds is 3. The molecular weight excluding hydrogens is 196 g/mol. The van der Waals surface area contributed by atoms with Crippen molar-refractivity contribution in [1.29, 1.82) is 0 Å². The highest BCUT2D eigenvalue weighted by molar-refractivity contribution is 7.80. The molecule has 0 aliphatic heterocycles. The fourth-order valence-corrected chi connectivity index (χ4v) is 0.825. The Hall–Kier alpha value is -1.75. The van der Waals surface area contributed by atoms with Crippen molar-refractivity contribution in [1.82, 2.24) is 10.4 Å². The lowest BCUT2D eigenvalue weighted by Gasteiger charge is -1.91. The van der Waals surface area contributed by atoms with Crippen molar-refractivity contribution in [3.8, 4) is 0 Å². The van der Waals surface area contributed by atoms with Crippen molar-refractivity contribution < 1.29 is 0 Å². The average molecular weight is 206 g/mol. The molecule has 0 saturated carbocycles. The summed E-state index contributed by atoms with van der Waals surface area (Å²) < 4.78 is 0. The van der Waals surface area contributed by atoms with Crippen LogP contribution in [0.2, 0.25) is 0 Å². The molecule has 1 aromatic rings. The Kier molecular flexibility index (Phi) is 4.30. The molecule has 0 saturated heterocycles. The van der Waals surface area contributed by atoms with Crippen molar-refractivity contribution in [2.24, 2.45) is 10.8 Å². The van der Waals surface area contributed by atoms with E-state index >= 15 is 0 Å². The van der Waals surface area contributed by atoms with E-state index in [1.807, 2.05) is 18.2 Å². The minimum absolute atomic E-state index is 0.151. The summed E-state index contributed by atoms with van der Waals surface area (Å²) in [5, 5.41) is 3.89. The third-order valence-electron chi connectivity index (χ3n) is 1.33. The zero-order chi connectivity index (χ0) is 10.2. The summed E-state index contributed by atoms with van der Waals surface area (Å²) >= 11 is 4.56. The van der Waals surface area contributed by atoms with Crippen LogP contribution in [0.4, 0.5) is 0 Å². The lowest BCUT2D eigenvalue weighted by molar-refractivity contribution is 1.04. The van der Waals surface area contributed by atoms with Gasteiger partial charge >= 0.3 is 0 Å². The molecule has 1 aromatic heterocycles. The molecule has 0 aliphatic carbocycles. The fraction of sp³-hybridized carbons (Fsp3) is 0. The van der Waals surface area contributed by atoms with Gasteiger partial charge in [0.25, 0.3) is 0 Å². The largest absolute Gasteiger partial charge is 0.375 e. The molecule has 0 radical (unpaired) electrons. The molecule has 0 fully saturated rings. The quantitative estimate of drug-likeness (QED) is 0.438. The molecule has 0 amide bonds. The van der Waals surface area contributed by atoms with Crippen LogP contribution in [-0.4, -0.2) is 16.3 Å². The van der Waals surface area contributed by atoms with Gasteiger partial charge in [0.2, 0.25) is 0 Å². The number of aromatic nitrogens is 1. The molecule has 1 rings (SSSR count). The van der Waals surface area contributed by atoms with Crippen molar-refractivity contribution in [3.05, 3.63) is 36.2 Å². The van der Waals surface area contributed by atoms with Gasteiger partial charge in [0.15, 0.2) is 5.11 Å². The highest BCUT2D eigenvalue weighted by Gasteiger charge is 1.81. The first-order chi connectivity index (χ1) is 6.79. The van der Waals surface area contributed by atoms with Crippen LogP contribution in [0.3, 0.4) is 0 Å². The highest BCUT2D eigenvalue weighted by Crippen LogP contribution is 1.97. The van der Waals surface area contributed by atoms with Crippen molar-refractivity contribution in [3.63, 3.8) is 0 Å². The van der Waals surface area contributed by atoms with Gasteiger partial charge in [0.1, 0.15) is 0 Å². The molecular formula is C9H10N4S. The number of allylic oxidation sites excluding steroid dienone is 1. The Labute approximate surface area is 87.5 Å². The van der Waals surface area contributed by atoms with E-state index in [1.165, 1.54) is 0 Å². The van der Waals surface area contributed by atoms with Crippen LogP contribution < -0.4 is 11.2 Å². The molecule has 4 nitrogen and oxygen atoms in total. The second kappa shape index (κ2) is 5.82. The number of pyridine rings is 1. The first-order valence-corrected chi connectivity index (χ1v) is 4.35. The van der Waals surface area contributed by atoms with E-state index in [9.17, 15) is 0 Å². The number of thiocarbonyl (C=S) groups is 1. The van der Waals surface area contributed by atoms with E-state index in [0.29, 0.717) is 0 Å². The predicted octanol–water partition coefficient (Wildman–Crippen LogP) is 0.914. The van der Waals surface area contributed by atoms with Gasteiger partial charge in [-0.15, -0.1) is 0 Å². The van der Waals surface area contributed by atoms with Crippen LogP contribution >= 0.6 is 12.2 Å². The first-order valence-electron chi connectivity index (χ1n) is 3.94. The maximum absolute atomic E-state index is 5.16. The van der Waals surface area contributed by atoms with E-state index in [2.05, 4.69) is 27.7 Å². The number of hydrogen-bond donors (Lipinski definition) is 2. The molecule has 5 heteroatoms. The lowest BCUT2D eigenvalue weighted by Crippen LogP contribution is -2.23. The lowest BCUT2D eigenvalue weighted by atomic mass is 10.2. The minimum Gasteiger partial charge on any atom is -0.375 e. The molecule has 72 valence electrons. The Balaban J connectivity index is 2.42. The van der Waals surface area contributed by atoms with Gasteiger partial charge in [-0.1, -0.05) is 6.08 Å². The normalized spacial score (nSPS) is 10.9. The summed E-state index contributed by atoms with van der Waals surface area (Å²) in [7, 11) is 0. The third kappa shape index (κ3) is 4.32. The van der Waals surface area contributed by atoms with Crippen LogP contribution in [0.5, 0.6) is 0 Å². The second-order valence-electron chi connectivity index (χ2n) is 2.39. The van der Waals surface area contributed by atoms with Crippen LogP contribution in [-0.2, 0) is 0 Å². The van der Waals surface area contributed by atoms with E-state index in [-0.39, 0.29) is 5.11 Å². The number of hydrazone groups is 1. The van der Waals surface area contributed by atoms with E-state index in [0.717, 1.165) is 5.56 Å². The summed E-state index contributed by atoms with van der Waals surface area (Å²) in [6.07, 6.45) is 8.70. The van der Waals surface area contributed by atoms with Gasteiger partial charge in [-0.05, 0) is 36.0 Å². The highest BCUT2D eigenvalue weighted by atomic mass is 32.1. The number of hydrogen-bond acceptors (Lipinski definition) is 3. The summed E-state index contributed by atoms with van der Waals surface area (Å²) in [6.45, 7) is 0. The van der Waals surface area contributed by atoms with Gasteiger partial charge in [-0.3, -0.25) is 10.4 Å². The number of nitrogens with two attached hydrogens (primary N) is 1. The minimum atomic E-state index is 0.151. The number of nitrogens with one attached hydrogen (secondary N) is 1. The SMILES string of the molecule is NC(=S)N/N=C\C=C\c1ccncc1. The monoisotopic (exact) mass is 206 g/mol. The Morgan fingerprint density at radius 3 is 2.86 bits per heavy atom. The molecule has 3 N–H and O–H groups in total. The van der Waals surface area contributed by atoms with Gasteiger partial charge < -0.3 is 5.73 Å². The van der Waals surface area contributed by atoms with Gasteiger partial charge in [0.05, 0.1) is 0 Å². The molecule has 0 aromatic carbocycles. The van der Waals surface area contributed by atoms with Crippen LogP contribution in [0.15, 0.2) is 35.7 Å². The molecule has 0 aliphatic rings. The maximum Gasteiger partial charge on any atom is 0.184 e. The van der Waals surface area contributed by atoms with Crippen LogP contribution in [0.1, 0.15) is 5.56 Å². The summed E-state index contributed by atoms with van der Waals surface area (Å²) in [5.41, 5.74) is 8.66. The van der Waals surface area contributed by atoms with Crippen molar-refractivity contribution in [2.75, 3.05) is 0 Å². The van der Waals surface area contributed by atoms with Crippen molar-refractivity contribution >= 4 is 29.6 Å². The molecule has 0 atom stereocenters. The van der Waals surface area contributed by atoms with Gasteiger partial charge in [0, 0.05) is 18.6 Å². The second-order valence-corrected chi connectivity index (χ2v) is 2.83. The predicted molar refractivity (Wildman–Crippen MR) is 61.7 cm³/mol. The maximum atomic E-state index is 5.16. The van der Waals surface area contributed by atoms with Crippen LogP contribution in [0, 0.1) is 0 Å². The molecule has 0 bridgehead atoms. The zero-order valence-electron chi connectivity index (χ0n) is 7.42. The summed E-state index contributed by atoms with van der Waals surface area (Å²) in [6, 6.07) is 3.79. The smallest absolute Gasteiger partial charge is 0.184 e. The number of nitrogens with zero attached hydrogens (tertiary/aromatic N) is 2.